The van der Waals surface area contributed by atoms with Crippen LogP contribution in [0, 0.1) is 0 Å². The summed E-state index contributed by atoms with van der Waals surface area (Å²) in [5.41, 5.74) is 1.31. The molecule has 17 heavy (non-hydrogen) atoms. The van der Waals surface area contributed by atoms with E-state index in [-0.39, 0.29) is 11.9 Å². The van der Waals surface area contributed by atoms with Crippen molar-refractivity contribution >= 4 is 28.8 Å². The van der Waals surface area contributed by atoms with Gasteiger partial charge in [-0.2, -0.15) is 0 Å². The van der Waals surface area contributed by atoms with Crippen molar-refractivity contribution in [1.29, 1.82) is 0 Å². The molecule has 0 bridgehead atoms. The normalized spacial score (nSPS) is 27.9. The maximum Gasteiger partial charge on any atom is 0.239 e. The topological polar surface area (TPSA) is 32.3 Å². The van der Waals surface area contributed by atoms with Gasteiger partial charge in [-0.1, -0.05) is 11.6 Å². The molecule has 1 aromatic rings. The quantitative estimate of drug-likeness (QED) is 0.894. The zero-order chi connectivity index (χ0) is 12.0. The SMILES string of the molecule is CN1CCC(NC2CCc3sc(Cl)cc32)C1=O. The van der Waals surface area contributed by atoms with E-state index >= 15 is 0 Å². The van der Waals surface area contributed by atoms with Gasteiger partial charge in [-0.05, 0) is 30.9 Å². The molecule has 2 heterocycles. The molecule has 2 unspecified atom stereocenters. The molecule has 0 saturated carbocycles. The predicted octanol–water partition coefficient (Wildman–Crippen LogP) is 2.21. The fourth-order valence-corrected chi connectivity index (χ4v) is 4.08. The second-order valence-electron chi connectivity index (χ2n) is 4.79. The Bertz CT molecular complexity index is 459. The Morgan fingerprint density at radius 1 is 1.47 bits per heavy atom. The van der Waals surface area contributed by atoms with Crippen LogP contribution >= 0.6 is 22.9 Å². The number of thiophene rings is 1. The average Bonchev–Trinajstić information content (AvgIpc) is 2.90. The van der Waals surface area contributed by atoms with Crippen LogP contribution in [0.2, 0.25) is 4.34 Å². The number of nitrogens with one attached hydrogen (secondary N) is 1. The van der Waals surface area contributed by atoms with E-state index in [1.165, 1.54) is 10.4 Å². The first-order valence-electron chi connectivity index (χ1n) is 5.94. The Balaban J connectivity index is 1.73. The first-order valence-corrected chi connectivity index (χ1v) is 7.13. The molecule has 1 saturated heterocycles. The number of carbonyl (C=O) groups is 1. The Labute approximate surface area is 110 Å². The monoisotopic (exact) mass is 270 g/mol. The number of hydrogen-bond donors (Lipinski definition) is 1. The average molecular weight is 271 g/mol. The third-order valence-corrected chi connectivity index (χ3v) is 5.02. The number of hydrogen-bond acceptors (Lipinski definition) is 3. The zero-order valence-corrected chi connectivity index (χ0v) is 11.3. The number of rotatable bonds is 2. The van der Waals surface area contributed by atoms with Crippen LogP contribution in [0.5, 0.6) is 0 Å². The van der Waals surface area contributed by atoms with Crippen LogP contribution in [-0.4, -0.2) is 30.4 Å². The Morgan fingerprint density at radius 2 is 2.29 bits per heavy atom. The summed E-state index contributed by atoms with van der Waals surface area (Å²) in [6, 6.07) is 2.36. The van der Waals surface area contributed by atoms with Gasteiger partial charge in [0.25, 0.3) is 0 Å². The number of nitrogens with zero attached hydrogens (tertiary/aromatic N) is 1. The number of likely N-dealkylation sites (N-methyl/N-ethyl adjacent to an activating group) is 1. The molecule has 1 aromatic heterocycles. The van der Waals surface area contributed by atoms with Gasteiger partial charge >= 0.3 is 0 Å². The lowest BCUT2D eigenvalue weighted by Gasteiger charge is -2.18. The third-order valence-electron chi connectivity index (χ3n) is 3.68. The van der Waals surface area contributed by atoms with Gasteiger partial charge in [0, 0.05) is 24.5 Å². The summed E-state index contributed by atoms with van der Waals surface area (Å²) in [7, 11) is 1.87. The number of halogens is 1. The molecule has 3 nitrogen and oxygen atoms in total. The van der Waals surface area contributed by atoms with Crippen molar-refractivity contribution in [3.8, 4) is 0 Å². The third kappa shape index (κ3) is 1.98. The lowest BCUT2D eigenvalue weighted by Crippen LogP contribution is -2.38. The number of amides is 1. The number of fused-ring (bicyclic) bond motifs is 1. The summed E-state index contributed by atoms with van der Waals surface area (Å²) in [5.74, 6) is 0.222. The number of carbonyl (C=O) groups excluding carboxylic acids is 1. The van der Waals surface area contributed by atoms with Crippen molar-refractivity contribution < 1.29 is 4.79 Å². The molecule has 0 spiro atoms. The second-order valence-corrected chi connectivity index (χ2v) is 6.56. The Morgan fingerprint density at radius 3 is 3.00 bits per heavy atom. The summed E-state index contributed by atoms with van der Waals surface area (Å²) in [6.07, 6.45) is 3.09. The van der Waals surface area contributed by atoms with Gasteiger partial charge in [-0.3, -0.25) is 10.1 Å². The van der Waals surface area contributed by atoms with E-state index in [2.05, 4.69) is 11.4 Å². The van der Waals surface area contributed by atoms with E-state index in [9.17, 15) is 4.79 Å². The molecule has 0 radical (unpaired) electrons. The Kier molecular flexibility index (Phi) is 2.89. The summed E-state index contributed by atoms with van der Waals surface area (Å²) >= 11 is 7.70. The number of aryl methyl sites for hydroxylation is 1. The van der Waals surface area contributed by atoms with Gasteiger partial charge in [0.2, 0.25) is 5.91 Å². The molecule has 0 aromatic carbocycles. The van der Waals surface area contributed by atoms with E-state index in [0.29, 0.717) is 6.04 Å². The first kappa shape index (κ1) is 11.5. The van der Waals surface area contributed by atoms with Gasteiger partial charge in [-0.15, -0.1) is 11.3 Å². The highest BCUT2D eigenvalue weighted by Crippen LogP contribution is 2.39. The Hall–Kier alpha value is -0.580. The van der Waals surface area contributed by atoms with Gasteiger partial charge < -0.3 is 4.90 Å². The smallest absolute Gasteiger partial charge is 0.239 e. The molecular weight excluding hydrogens is 256 g/mol. The number of likely N-dealkylation sites (tertiary alicyclic amines) is 1. The largest absolute Gasteiger partial charge is 0.344 e. The highest BCUT2D eigenvalue weighted by Gasteiger charge is 2.33. The minimum atomic E-state index is -0.00498. The van der Waals surface area contributed by atoms with Crippen LogP contribution < -0.4 is 5.32 Å². The predicted molar refractivity (Wildman–Crippen MR) is 69.6 cm³/mol. The molecule has 92 valence electrons. The maximum absolute atomic E-state index is 11.9. The summed E-state index contributed by atoms with van der Waals surface area (Å²) in [4.78, 5) is 15.0. The molecular formula is C12H15ClN2OS. The van der Waals surface area contributed by atoms with Crippen LogP contribution in [0.4, 0.5) is 0 Å². The van der Waals surface area contributed by atoms with E-state index in [1.54, 1.807) is 16.2 Å². The standard InChI is InChI=1S/C12H15ClN2OS/c1-15-5-4-9(12(15)16)14-8-2-3-10-7(8)6-11(13)17-10/h6,8-9,14H,2-5H2,1H3. The summed E-state index contributed by atoms with van der Waals surface area (Å²) < 4.78 is 0.858. The second kappa shape index (κ2) is 4.26. The minimum absolute atomic E-state index is 0.00498. The fraction of sp³-hybridized carbons (Fsp3) is 0.583. The molecule has 2 aliphatic rings. The van der Waals surface area contributed by atoms with Crippen LogP contribution in [-0.2, 0) is 11.2 Å². The summed E-state index contributed by atoms with van der Waals surface area (Å²) in [5, 5.41) is 3.48. The van der Waals surface area contributed by atoms with Crippen molar-refractivity contribution in [2.24, 2.45) is 0 Å². The van der Waals surface area contributed by atoms with E-state index in [1.807, 2.05) is 7.05 Å². The highest BCUT2D eigenvalue weighted by molar-refractivity contribution is 7.16. The van der Waals surface area contributed by atoms with Crippen molar-refractivity contribution in [3.63, 3.8) is 0 Å². The van der Waals surface area contributed by atoms with Gasteiger partial charge in [0.15, 0.2) is 0 Å². The molecule has 1 amide bonds. The molecule has 2 atom stereocenters. The fourth-order valence-electron chi connectivity index (χ4n) is 2.72. The molecule has 3 rings (SSSR count). The van der Waals surface area contributed by atoms with Gasteiger partial charge in [-0.25, -0.2) is 0 Å². The van der Waals surface area contributed by atoms with Crippen LogP contribution in [0.15, 0.2) is 6.07 Å². The van der Waals surface area contributed by atoms with Crippen LogP contribution in [0.1, 0.15) is 29.3 Å². The molecule has 5 heteroatoms. The van der Waals surface area contributed by atoms with Crippen molar-refractivity contribution in [2.75, 3.05) is 13.6 Å². The highest BCUT2D eigenvalue weighted by atomic mass is 35.5. The van der Waals surface area contributed by atoms with Crippen LogP contribution in [0.3, 0.4) is 0 Å². The van der Waals surface area contributed by atoms with Gasteiger partial charge in [0.05, 0.1) is 10.4 Å². The zero-order valence-electron chi connectivity index (χ0n) is 9.70. The first-order chi connectivity index (χ1) is 8.15. The van der Waals surface area contributed by atoms with E-state index < -0.39 is 0 Å². The maximum atomic E-state index is 11.9. The molecule has 1 aliphatic carbocycles. The van der Waals surface area contributed by atoms with Crippen molar-refractivity contribution in [3.05, 3.63) is 20.8 Å². The van der Waals surface area contributed by atoms with E-state index in [4.69, 9.17) is 11.6 Å². The van der Waals surface area contributed by atoms with Crippen molar-refractivity contribution in [1.82, 2.24) is 10.2 Å². The van der Waals surface area contributed by atoms with E-state index in [0.717, 1.165) is 30.1 Å². The minimum Gasteiger partial charge on any atom is -0.344 e. The molecule has 1 aliphatic heterocycles. The molecule has 1 fully saturated rings. The van der Waals surface area contributed by atoms with Crippen molar-refractivity contribution in [2.45, 2.75) is 31.3 Å². The lowest BCUT2D eigenvalue weighted by molar-refractivity contribution is -0.128. The van der Waals surface area contributed by atoms with Gasteiger partial charge in [0.1, 0.15) is 0 Å². The summed E-state index contributed by atoms with van der Waals surface area (Å²) in [6.45, 7) is 0.862. The van der Waals surface area contributed by atoms with Crippen LogP contribution in [0.25, 0.3) is 0 Å². The lowest BCUT2D eigenvalue weighted by atomic mass is 10.1. The molecule has 1 N–H and O–H groups in total.